The Kier molecular flexibility index (Phi) is 7.35. The van der Waals surface area contributed by atoms with Gasteiger partial charge >= 0.3 is 6.18 Å². The van der Waals surface area contributed by atoms with E-state index in [1.165, 1.54) is 25.7 Å². The predicted octanol–water partition coefficient (Wildman–Crippen LogP) is 5.61. The first-order chi connectivity index (χ1) is 9.36. The Morgan fingerprint density at radius 1 is 0.750 bits per heavy atom. The third-order valence-corrected chi connectivity index (χ3v) is 4.72. The highest BCUT2D eigenvalue weighted by atomic mass is 19.4. The van der Waals surface area contributed by atoms with Gasteiger partial charge in [-0.25, -0.2) is 0 Å². The van der Waals surface area contributed by atoms with Gasteiger partial charge in [0.1, 0.15) is 0 Å². The van der Waals surface area contributed by atoms with Gasteiger partial charge in [0.25, 0.3) is 0 Å². The zero-order chi connectivity index (χ0) is 15.1. The summed E-state index contributed by atoms with van der Waals surface area (Å²) in [5, 5.41) is 9.71. The van der Waals surface area contributed by atoms with Crippen LogP contribution in [0.2, 0.25) is 0 Å². The quantitative estimate of drug-likeness (QED) is 0.666. The predicted molar refractivity (Wildman–Crippen MR) is 75.6 cm³/mol. The average molecular weight is 294 g/mol. The second-order valence-electron chi connectivity index (χ2n) is 6.63. The van der Waals surface area contributed by atoms with Gasteiger partial charge in [-0.1, -0.05) is 71.1 Å². The minimum atomic E-state index is -4.50. The Bertz CT molecular complexity index is 249. The fourth-order valence-corrected chi connectivity index (χ4v) is 3.27. The van der Waals surface area contributed by atoms with Crippen LogP contribution in [0.5, 0.6) is 0 Å². The molecule has 20 heavy (non-hydrogen) atoms. The van der Waals surface area contributed by atoms with Crippen molar-refractivity contribution >= 4 is 0 Å². The highest BCUT2D eigenvalue weighted by Gasteiger charge is 2.49. The number of hydrogen-bond acceptors (Lipinski definition) is 1. The van der Waals surface area contributed by atoms with Crippen LogP contribution in [0.15, 0.2) is 0 Å². The van der Waals surface area contributed by atoms with Gasteiger partial charge in [-0.15, -0.1) is 0 Å². The van der Waals surface area contributed by atoms with Gasteiger partial charge in [-0.3, -0.25) is 0 Å². The van der Waals surface area contributed by atoms with Crippen LogP contribution in [-0.2, 0) is 0 Å². The summed E-state index contributed by atoms with van der Waals surface area (Å²) >= 11 is 0. The maximum absolute atomic E-state index is 12.9. The molecule has 1 saturated carbocycles. The molecule has 0 amide bonds. The summed E-state index contributed by atoms with van der Waals surface area (Å²) in [7, 11) is 0. The van der Waals surface area contributed by atoms with Gasteiger partial charge in [0.2, 0.25) is 0 Å². The minimum Gasteiger partial charge on any atom is -0.383 e. The molecule has 0 aliphatic heterocycles. The molecule has 1 unspecified atom stereocenters. The zero-order valence-corrected chi connectivity index (χ0v) is 12.6. The summed E-state index contributed by atoms with van der Waals surface area (Å²) in [4.78, 5) is 0. The lowest BCUT2D eigenvalue weighted by atomic mass is 9.75. The minimum absolute atomic E-state index is 0.480. The van der Waals surface area contributed by atoms with E-state index in [4.69, 9.17) is 0 Å². The largest absolute Gasteiger partial charge is 0.414 e. The van der Waals surface area contributed by atoms with Crippen molar-refractivity contribution in [2.45, 2.75) is 96.3 Å². The van der Waals surface area contributed by atoms with Gasteiger partial charge in [0, 0.05) is 5.41 Å². The molecule has 1 N–H and O–H groups in total. The molecule has 0 radical (unpaired) electrons. The highest BCUT2D eigenvalue weighted by molar-refractivity contribution is 4.87. The van der Waals surface area contributed by atoms with Gasteiger partial charge in [-0.05, 0) is 12.8 Å². The molecular formula is C16H29F3O. The zero-order valence-electron chi connectivity index (χ0n) is 12.6. The molecule has 0 heterocycles. The van der Waals surface area contributed by atoms with Crippen LogP contribution in [0.3, 0.4) is 0 Å². The van der Waals surface area contributed by atoms with E-state index in [0.29, 0.717) is 12.8 Å². The monoisotopic (exact) mass is 294 g/mol. The summed E-state index contributed by atoms with van der Waals surface area (Å²) < 4.78 is 38.6. The smallest absolute Gasteiger partial charge is 0.383 e. The van der Waals surface area contributed by atoms with E-state index >= 15 is 0 Å². The van der Waals surface area contributed by atoms with Crippen molar-refractivity contribution in [1.29, 1.82) is 0 Å². The molecule has 1 rings (SSSR count). The van der Waals surface area contributed by atoms with E-state index in [1.807, 2.05) is 0 Å². The molecule has 1 aliphatic rings. The molecule has 0 bridgehead atoms. The van der Waals surface area contributed by atoms with E-state index in [0.717, 1.165) is 38.5 Å². The fraction of sp³-hybridized carbons (Fsp3) is 1.00. The number of rotatable bonds is 1. The van der Waals surface area contributed by atoms with E-state index in [2.05, 4.69) is 0 Å². The topological polar surface area (TPSA) is 20.2 Å². The second kappa shape index (κ2) is 8.26. The number of aliphatic hydroxyl groups excluding tert-OH is 1. The highest BCUT2D eigenvalue weighted by Crippen LogP contribution is 2.42. The lowest BCUT2D eigenvalue weighted by Crippen LogP contribution is -2.43. The molecule has 0 spiro atoms. The molecule has 0 aromatic carbocycles. The lowest BCUT2D eigenvalue weighted by molar-refractivity contribution is -0.239. The van der Waals surface area contributed by atoms with Crippen LogP contribution >= 0.6 is 0 Å². The molecule has 120 valence electrons. The average Bonchev–Trinajstić information content (AvgIpc) is 2.39. The summed E-state index contributed by atoms with van der Waals surface area (Å²) in [5.74, 6) is 0. The van der Waals surface area contributed by atoms with E-state index in [9.17, 15) is 18.3 Å². The number of halogens is 3. The Balaban J connectivity index is 2.62. The summed E-state index contributed by atoms with van der Waals surface area (Å²) in [6, 6.07) is 0. The first kappa shape index (κ1) is 17.8. The van der Waals surface area contributed by atoms with Gasteiger partial charge in [0.05, 0.1) is 0 Å². The normalized spacial score (nSPS) is 25.1. The van der Waals surface area contributed by atoms with Crippen molar-refractivity contribution in [2.75, 3.05) is 0 Å². The molecule has 1 fully saturated rings. The molecule has 0 saturated heterocycles. The van der Waals surface area contributed by atoms with Crippen LogP contribution in [0.25, 0.3) is 0 Å². The number of alkyl halides is 3. The van der Waals surface area contributed by atoms with Crippen molar-refractivity contribution in [2.24, 2.45) is 5.41 Å². The molecule has 1 nitrogen and oxygen atoms in total. The Morgan fingerprint density at radius 3 is 1.35 bits per heavy atom. The Labute approximate surface area is 120 Å². The summed E-state index contributed by atoms with van der Waals surface area (Å²) in [5.41, 5.74) is -1.01. The molecule has 1 aliphatic carbocycles. The van der Waals surface area contributed by atoms with Crippen molar-refractivity contribution in [1.82, 2.24) is 0 Å². The Morgan fingerprint density at radius 2 is 1.05 bits per heavy atom. The van der Waals surface area contributed by atoms with Crippen molar-refractivity contribution in [3.8, 4) is 0 Å². The molecule has 0 aromatic rings. The first-order valence-electron chi connectivity index (χ1n) is 8.11. The van der Waals surface area contributed by atoms with Crippen molar-refractivity contribution < 1.29 is 18.3 Å². The molecular weight excluding hydrogens is 265 g/mol. The van der Waals surface area contributed by atoms with Crippen LogP contribution < -0.4 is 0 Å². The van der Waals surface area contributed by atoms with Crippen LogP contribution in [0, 0.1) is 5.41 Å². The third-order valence-electron chi connectivity index (χ3n) is 4.72. The standard InChI is InChI=1S/C16H29F3O/c1-15(14(20)16(17,18)19)12-10-8-6-4-2-3-5-7-9-11-13-15/h14,20H,2-13H2,1H3. The SMILES string of the molecule is CC1(C(O)C(F)(F)F)CCCCCCCCCCCC1. The third kappa shape index (κ3) is 6.02. The fourth-order valence-electron chi connectivity index (χ4n) is 3.27. The van der Waals surface area contributed by atoms with Crippen LogP contribution in [0.1, 0.15) is 84.0 Å². The molecule has 0 aromatic heterocycles. The van der Waals surface area contributed by atoms with Crippen molar-refractivity contribution in [3.63, 3.8) is 0 Å². The second-order valence-corrected chi connectivity index (χ2v) is 6.63. The number of hydrogen-bond donors (Lipinski definition) is 1. The van der Waals surface area contributed by atoms with Gasteiger partial charge in [0.15, 0.2) is 6.10 Å². The lowest BCUT2D eigenvalue weighted by Gasteiger charge is -2.36. The summed E-state index contributed by atoms with van der Waals surface area (Å²) in [6.45, 7) is 1.62. The maximum Gasteiger partial charge on any atom is 0.414 e. The van der Waals surface area contributed by atoms with Crippen LogP contribution in [-0.4, -0.2) is 17.4 Å². The van der Waals surface area contributed by atoms with E-state index in [1.54, 1.807) is 6.92 Å². The van der Waals surface area contributed by atoms with Gasteiger partial charge < -0.3 is 5.11 Å². The van der Waals surface area contributed by atoms with Crippen molar-refractivity contribution in [3.05, 3.63) is 0 Å². The van der Waals surface area contributed by atoms with E-state index < -0.39 is 17.7 Å². The number of aliphatic hydroxyl groups is 1. The molecule has 1 atom stereocenters. The maximum atomic E-state index is 12.9. The first-order valence-corrected chi connectivity index (χ1v) is 8.11. The molecule has 4 heteroatoms. The van der Waals surface area contributed by atoms with Gasteiger partial charge in [-0.2, -0.15) is 13.2 Å². The Hall–Kier alpha value is -0.250. The van der Waals surface area contributed by atoms with E-state index in [-0.39, 0.29) is 0 Å². The van der Waals surface area contributed by atoms with Crippen LogP contribution in [0.4, 0.5) is 13.2 Å². The summed E-state index contributed by atoms with van der Waals surface area (Å²) in [6.07, 6.45) is 4.95.